The second-order valence-electron chi connectivity index (χ2n) is 13.3. The Morgan fingerprint density at radius 3 is 2.40 bits per heavy atom. The van der Waals surface area contributed by atoms with Gasteiger partial charge in [0, 0.05) is 42.2 Å². The summed E-state index contributed by atoms with van der Waals surface area (Å²) < 4.78 is 10.9. The van der Waals surface area contributed by atoms with E-state index >= 15 is 0 Å². The fraction of sp³-hybridized carbons (Fsp3) is 0.697. The molecule has 2 saturated heterocycles. The summed E-state index contributed by atoms with van der Waals surface area (Å²) in [6.45, 7) is 1.24. The lowest BCUT2D eigenvalue weighted by Crippen LogP contribution is -2.56. The van der Waals surface area contributed by atoms with E-state index in [-0.39, 0.29) is 36.4 Å². The zero-order valence-electron chi connectivity index (χ0n) is 25.9. The highest BCUT2D eigenvalue weighted by Gasteiger charge is 2.47. The first-order valence-corrected chi connectivity index (χ1v) is 16.9. The summed E-state index contributed by atoms with van der Waals surface area (Å²) in [6, 6.07) is 5.36. The Morgan fingerprint density at radius 2 is 1.71 bits per heavy atom. The van der Waals surface area contributed by atoms with Gasteiger partial charge in [-0.1, -0.05) is 55.8 Å². The fourth-order valence-electron chi connectivity index (χ4n) is 6.90. The Hall–Kier alpha value is -2.89. The first kappa shape index (κ1) is 33.5. The van der Waals surface area contributed by atoms with Gasteiger partial charge in [-0.25, -0.2) is 4.79 Å². The van der Waals surface area contributed by atoms with Gasteiger partial charge in [0.05, 0.1) is 12.6 Å². The molecular formula is C33H47ClN4O7. The van der Waals surface area contributed by atoms with Crippen molar-refractivity contribution in [2.24, 2.45) is 11.8 Å². The molecule has 2 aliphatic carbocycles. The molecule has 2 aliphatic heterocycles. The van der Waals surface area contributed by atoms with Crippen LogP contribution in [0.4, 0.5) is 4.79 Å². The fourth-order valence-corrected chi connectivity index (χ4v) is 7.02. The summed E-state index contributed by atoms with van der Waals surface area (Å²) >= 11 is 5.95. The monoisotopic (exact) mass is 646 g/mol. The Balaban J connectivity index is 1.25. The number of halogens is 1. The molecule has 3 unspecified atom stereocenters. The van der Waals surface area contributed by atoms with Crippen molar-refractivity contribution in [2.45, 2.75) is 113 Å². The van der Waals surface area contributed by atoms with Crippen LogP contribution in [0.15, 0.2) is 24.3 Å². The van der Waals surface area contributed by atoms with Crippen molar-refractivity contribution < 1.29 is 33.8 Å². The molecule has 45 heavy (non-hydrogen) atoms. The minimum absolute atomic E-state index is 0.0205. The molecule has 0 radical (unpaired) electrons. The van der Waals surface area contributed by atoms with E-state index in [0.717, 1.165) is 50.5 Å². The molecule has 2 saturated carbocycles. The van der Waals surface area contributed by atoms with Crippen LogP contribution in [0.2, 0.25) is 5.02 Å². The molecule has 1 aromatic carbocycles. The number of hydrogen-bond acceptors (Lipinski definition) is 7. The third-order valence-corrected chi connectivity index (χ3v) is 9.98. The van der Waals surface area contributed by atoms with Crippen molar-refractivity contribution >= 4 is 35.4 Å². The highest BCUT2D eigenvalue weighted by atomic mass is 35.5. The molecule has 0 bridgehead atoms. The molecule has 11 nitrogen and oxygen atoms in total. The molecule has 4 aliphatic rings. The molecule has 12 heteroatoms. The largest absolute Gasteiger partial charge is 0.449 e. The van der Waals surface area contributed by atoms with Crippen LogP contribution in [0, 0.1) is 11.8 Å². The number of aliphatic hydroxyl groups is 1. The maximum Gasteiger partial charge on any atom is 0.407 e. The van der Waals surface area contributed by atoms with E-state index in [1.807, 2.05) is 12.1 Å². The number of benzene rings is 1. The summed E-state index contributed by atoms with van der Waals surface area (Å²) in [5.41, 5.74) is 0.597. The van der Waals surface area contributed by atoms with Crippen molar-refractivity contribution in [2.75, 3.05) is 19.8 Å². The first-order chi connectivity index (χ1) is 21.7. The molecule has 2 heterocycles. The summed E-state index contributed by atoms with van der Waals surface area (Å²) in [5.74, 6) is -1.45. The number of amides is 4. The lowest BCUT2D eigenvalue weighted by Gasteiger charge is -2.33. The van der Waals surface area contributed by atoms with E-state index in [1.54, 1.807) is 12.1 Å². The molecule has 4 atom stereocenters. The van der Waals surface area contributed by atoms with Crippen molar-refractivity contribution in [1.82, 2.24) is 21.3 Å². The minimum atomic E-state index is -1.55. The summed E-state index contributed by atoms with van der Waals surface area (Å²) in [4.78, 5) is 52.8. The SMILES string of the molecule is O=C(N[C@@H](CC1CCCCC1)C(=O)NC(CC1CC2(CCOCC2)NC1=O)C(O)C(=O)NC1CC1)OCCc1ccc(Cl)cc1. The average Bonchev–Trinajstić information content (AvgIpc) is 3.80. The van der Waals surface area contributed by atoms with E-state index < -0.39 is 42.0 Å². The van der Waals surface area contributed by atoms with Crippen LogP contribution in [-0.4, -0.2) is 78.5 Å². The smallest absolute Gasteiger partial charge is 0.407 e. The zero-order chi connectivity index (χ0) is 31.8. The van der Waals surface area contributed by atoms with Crippen LogP contribution in [0.5, 0.6) is 0 Å². The highest BCUT2D eigenvalue weighted by molar-refractivity contribution is 6.30. The van der Waals surface area contributed by atoms with Crippen LogP contribution < -0.4 is 21.3 Å². The first-order valence-electron chi connectivity index (χ1n) is 16.6. The Kier molecular flexibility index (Phi) is 11.6. The zero-order valence-corrected chi connectivity index (χ0v) is 26.6. The number of carbonyl (C=O) groups excluding carboxylic acids is 4. The van der Waals surface area contributed by atoms with Crippen LogP contribution in [0.25, 0.3) is 0 Å². The van der Waals surface area contributed by atoms with Gasteiger partial charge < -0.3 is 35.8 Å². The number of hydrogen-bond donors (Lipinski definition) is 5. The summed E-state index contributed by atoms with van der Waals surface area (Å²) in [6.07, 6.45) is 7.59. The standard InChI is InChI=1S/C33H47ClN4O7/c34-24-8-6-21(7-9-24)12-15-45-32(43)37-27(18-22-4-2-1-3-5-22)30(41)36-26(28(39)31(42)35-25-10-11-25)19-23-20-33(38-29(23)40)13-16-44-17-14-33/h6-9,22-23,25-28,39H,1-5,10-20H2,(H,35,42)(H,36,41)(H,37,43)(H,38,40)/t23?,26?,27-,28?/m0/s1. The van der Waals surface area contributed by atoms with Crippen LogP contribution in [0.1, 0.15) is 82.6 Å². The van der Waals surface area contributed by atoms with Gasteiger partial charge in [-0.2, -0.15) is 0 Å². The molecule has 1 aromatic rings. The second kappa shape index (κ2) is 15.6. The molecule has 5 N–H and O–H groups in total. The van der Waals surface area contributed by atoms with Crippen molar-refractivity contribution in [3.05, 3.63) is 34.9 Å². The molecular weight excluding hydrogens is 600 g/mol. The maximum absolute atomic E-state index is 13.8. The number of nitrogens with one attached hydrogen (secondary N) is 4. The van der Waals surface area contributed by atoms with Gasteiger partial charge >= 0.3 is 6.09 Å². The summed E-state index contributed by atoms with van der Waals surface area (Å²) in [7, 11) is 0. The summed E-state index contributed by atoms with van der Waals surface area (Å²) in [5, 5.41) is 23.4. The Bertz CT molecular complexity index is 1180. The van der Waals surface area contributed by atoms with Gasteiger partial charge in [0.2, 0.25) is 11.8 Å². The van der Waals surface area contributed by atoms with Gasteiger partial charge in [-0.3, -0.25) is 14.4 Å². The number of rotatable bonds is 13. The molecule has 248 valence electrons. The quantitative estimate of drug-likeness (QED) is 0.221. The molecule has 1 spiro atoms. The molecule has 5 rings (SSSR count). The number of aliphatic hydroxyl groups excluding tert-OH is 1. The van der Waals surface area contributed by atoms with Gasteiger partial charge in [-0.15, -0.1) is 0 Å². The normalized spacial score (nSPS) is 23.4. The van der Waals surface area contributed by atoms with E-state index in [1.165, 1.54) is 0 Å². The third-order valence-electron chi connectivity index (χ3n) is 9.73. The topological polar surface area (TPSA) is 155 Å². The van der Waals surface area contributed by atoms with Gasteiger partial charge in [-0.05, 0) is 68.6 Å². The molecule has 0 aromatic heterocycles. The van der Waals surface area contributed by atoms with E-state index in [4.69, 9.17) is 21.1 Å². The third kappa shape index (κ3) is 9.80. The molecule has 4 fully saturated rings. The van der Waals surface area contributed by atoms with Gasteiger partial charge in [0.25, 0.3) is 5.91 Å². The van der Waals surface area contributed by atoms with E-state index in [9.17, 15) is 24.3 Å². The second-order valence-corrected chi connectivity index (χ2v) is 13.7. The average molecular weight is 647 g/mol. The van der Waals surface area contributed by atoms with Gasteiger partial charge in [0.15, 0.2) is 6.10 Å². The van der Waals surface area contributed by atoms with Crippen molar-refractivity contribution in [3.8, 4) is 0 Å². The Morgan fingerprint density at radius 1 is 1.00 bits per heavy atom. The predicted molar refractivity (Wildman–Crippen MR) is 167 cm³/mol. The maximum atomic E-state index is 13.8. The van der Waals surface area contributed by atoms with E-state index in [0.29, 0.717) is 50.3 Å². The van der Waals surface area contributed by atoms with Gasteiger partial charge in [0.1, 0.15) is 6.04 Å². The van der Waals surface area contributed by atoms with Crippen LogP contribution in [0.3, 0.4) is 0 Å². The van der Waals surface area contributed by atoms with Crippen molar-refractivity contribution in [1.29, 1.82) is 0 Å². The van der Waals surface area contributed by atoms with Crippen LogP contribution in [-0.2, 0) is 30.3 Å². The van der Waals surface area contributed by atoms with Crippen molar-refractivity contribution in [3.63, 3.8) is 0 Å². The Labute approximate surface area is 269 Å². The number of ether oxygens (including phenoxy) is 2. The lowest BCUT2D eigenvalue weighted by molar-refractivity contribution is -0.134. The van der Waals surface area contributed by atoms with E-state index in [2.05, 4.69) is 21.3 Å². The highest BCUT2D eigenvalue weighted by Crippen LogP contribution is 2.36. The number of alkyl carbamates (subject to hydrolysis) is 1. The predicted octanol–water partition coefficient (Wildman–Crippen LogP) is 3.15. The molecule has 4 amide bonds. The lowest BCUT2D eigenvalue weighted by atomic mass is 9.83. The minimum Gasteiger partial charge on any atom is -0.449 e. The van der Waals surface area contributed by atoms with Crippen LogP contribution >= 0.6 is 11.6 Å². The number of carbonyl (C=O) groups is 4.